The van der Waals surface area contributed by atoms with Gasteiger partial charge < -0.3 is 10.2 Å². The molecule has 1 amide bonds. The minimum absolute atomic E-state index is 0.120. The Hall–Kier alpha value is -2.22. The molecule has 166 valence electrons. The van der Waals surface area contributed by atoms with Crippen LogP contribution in [0.2, 0.25) is 5.02 Å². The van der Waals surface area contributed by atoms with Crippen molar-refractivity contribution in [2.24, 2.45) is 10.3 Å². The normalized spacial score (nSPS) is 16.4. The Balaban J connectivity index is 1.78. The summed E-state index contributed by atoms with van der Waals surface area (Å²) in [4.78, 5) is 15.0. The molecular formula is C23H28ClN3O3S. The third-order valence-corrected chi connectivity index (χ3v) is 7.62. The zero-order chi connectivity index (χ0) is 22.8. The summed E-state index contributed by atoms with van der Waals surface area (Å²) in [6.45, 7) is 7.22. The quantitative estimate of drug-likeness (QED) is 0.654. The number of hydrogen-bond acceptors (Lipinski definition) is 4. The first-order valence-corrected chi connectivity index (χ1v) is 12.1. The molecule has 6 nitrogen and oxygen atoms in total. The maximum Gasteiger partial charge on any atom is 0.282 e. The average molecular weight is 462 g/mol. The Morgan fingerprint density at radius 1 is 1.16 bits per heavy atom. The van der Waals surface area contributed by atoms with E-state index in [0.717, 1.165) is 25.9 Å². The number of nitrogens with one attached hydrogen (secondary N) is 1. The number of benzene rings is 2. The number of anilines is 1. The van der Waals surface area contributed by atoms with E-state index in [2.05, 4.69) is 21.7 Å². The van der Waals surface area contributed by atoms with Crippen LogP contribution in [0.25, 0.3) is 0 Å². The molecule has 1 aliphatic heterocycles. The van der Waals surface area contributed by atoms with Gasteiger partial charge in [-0.05, 0) is 95.2 Å². The summed E-state index contributed by atoms with van der Waals surface area (Å²) >= 11 is 6.11. The first-order chi connectivity index (χ1) is 14.6. The predicted molar refractivity (Wildman–Crippen MR) is 126 cm³/mol. The Morgan fingerprint density at radius 3 is 2.48 bits per heavy atom. The van der Waals surface area contributed by atoms with Gasteiger partial charge in [-0.15, -0.1) is 0 Å². The summed E-state index contributed by atoms with van der Waals surface area (Å²) < 4.78 is 29.8. The summed E-state index contributed by atoms with van der Waals surface area (Å²) in [5.74, 6) is -0.110. The molecule has 0 bridgehead atoms. The van der Waals surface area contributed by atoms with Gasteiger partial charge in [0.05, 0.1) is 4.90 Å². The number of amides is 1. The highest BCUT2D eigenvalue weighted by molar-refractivity contribution is 7.90. The van der Waals surface area contributed by atoms with E-state index in [1.54, 1.807) is 51.1 Å². The molecule has 0 aromatic heterocycles. The molecule has 2 aromatic carbocycles. The lowest BCUT2D eigenvalue weighted by Crippen LogP contribution is -2.33. The van der Waals surface area contributed by atoms with Gasteiger partial charge in [0.25, 0.3) is 15.9 Å². The summed E-state index contributed by atoms with van der Waals surface area (Å²) in [7, 11) is -1.74. The number of hydrogen-bond donors (Lipinski definition) is 1. The van der Waals surface area contributed by atoms with E-state index in [-0.39, 0.29) is 16.7 Å². The first-order valence-electron chi connectivity index (χ1n) is 10.3. The van der Waals surface area contributed by atoms with Gasteiger partial charge in [-0.3, -0.25) is 4.79 Å². The highest BCUT2D eigenvalue weighted by Gasteiger charge is 2.22. The molecule has 0 spiro atoms. The predicted octanol–water partition coefficient (Wildman–Crippen LogP) is 4.70. The molecule has 0 atom stereocenters. The van der Waals surface area contributed by atoms with Crippen LogP contribution in [0.1, 0.15) is 41.3 Å². The van der Waals surface area contributed by atoms with E-state index in [1.165, 1.54) is 6.07 Å². The fourth-order valence-corrected chi connectivity index (χ4v) is 5.10. The second-order valence-electron chi connectivity index (χ2n) is 8.13. The van der Waals surface area contributed by atoms with Gasteiger partial charge in [0.1, 0.15) is 0 Å². The largest absolute Gasteiger partial charge is 0.322 e. The number of sulfonamides is 1. The zero-order valence-electron chi connectivity index (χ0n) is 18.3. The van der Waals surface area contributed by atoms with Crippen LogP contribution in [0.5, 0.6) is 0 Å². The Kier molecular flexibility index (Phi) is 7.19. The second kappa shape index (κ2) is 9.51. The molecule has 2 aromatic rings. The Bertz CT molecular complexity index is 1120. The molecule has 1 heterocycles. The van der Waals surface area contributed by atoms with Crippen LogP contribution in [0.3, 0.4) is 0 Å². The molecule has 0 radical (unpaired) electrons. The fourth-order valence-electron chi connectivity index (χ4n) is 3.72. The van der Waals surface area contributed by atoms with Crippen LogP contribution in [0, 0.1) is 19.8 Å². The number of aryl methyl sites for hydroxylation is 1. The van der Waals surface area contributed by atoms with Crippen molar-refractivity contribution in [3.8, 4) is 0 Å². The third kappa shape index (κ3) is 5.53. The summed E-state index contributed by atoms with van der Waals surface area (Å²) in [5, 5.41) is 3.35. The topological polar surface area (TPSA) is 78.8 Å². The number of halogens is 1. The van der Waals surface area contributed by atoms with Gasteiger partial charge in [-0.1, -0.05) is 17.7 Å². The average Bonchev–Trinajstić information content (AvgIpc) is 2.71. The zero-order valence-corrected chi connectivity index (χ0v) is 19.8. The lowest BCUT2D eigenvalue weighted by atomic mass is 9.93. The van der Waals surface area contributed by atoms with Crippen molar-refractivity contribution in [3.63, 3.8) is 0 Å². The van der Waals surface area contributed by atoms with Gasteiger partial charge in [0.2, 0.25) is 0 Å². The van der Waals surface area contributed by atoms with Crippen LogP contribution in [0.4, 0.5) is 5.69 Å². The van der Waals surface area contributed by atoms with Gasteiger partial charge in [-0.2, -0.15) is 12.8 Å². The summed E-state index contributed by atoms with van der Waals surface area (Å²) in [6.07, 6.45) is 1.82. The minimum Gasteiger partial charge on any atom is -0.322 e. The van der Waals surface area contributed by atoms with Gasteiger partial charge >= 0.3 is 0 Å². The third-order valence-electron chi connectivity index (χ3n) is 5.83. The van der Waals surface area contributed by atoms with Crippen LogP contribution < -0.4 is 5.32 Å². The second-order valence-corrected chi connectivity index (χ2v) is 10.1. The van der Waals surface area contributed by atoms with Crippen LogP contribution in [-0.2, 0) is 10.0 Å². The number of nitrogens with zero attached hydrogens (tertiary/aromatic N) is 2. The van der Waals surface area contributed by atoms with Crippen molar-refractivity contribution in [2.45, 2.75) is 38.5 Å². The monoisotopic (exact) mass is 461 g/mol. The smallest absolute Gasteiger partial charge is 0.282 e. The SMILES string of the molecule is CC(=NS(=O)(=O)c1ccc(NC(=O)c2cccc(Cl)c2C)c(C)c1)C1CCN(C)CC1. The first kappa shape index (κ1) is 23.4. The maximum absolute atomic E-state index is 12.8. The molecule has 8 heteroatoms. The van der Waals surface area contributed by atoms with Crippen LogP contribution in [0.15, 0.2) is 45.7 Å². The number of piperidine rings is 1. The number of rotatable bonds is 5. The van der Waals surface area contributed by atoms with Crippen LogP contribution in [-0.4, -0.2) is 45.1 Å². The van der Waals surface area contributed by atoms with Crippen molar-refractivity contribution < 1.29 is 13.2 Å². The number of carbonyl (C=O) groups excluding carboxylic acids is 1. The van der Waals surface area contributed by atoms with Crippen molar-refractivity contribution in [1.82, 2.24) is 4.90 Å². The van der Waals surface area contributed by atoms with Gasteiger partial charge in [0, 0.05) is 27.9 Å². The molecule has 1 aliphatic rings. The molecule has 0 unspecified atom stereocenters. The van der Waals surface area contributed by atoms with E-state index < -0.39 is 10.0 Å². The highest BCUT2D eigenvalue weighted by Crippen LogP contribution is 2.25. The molecule has 1 fully saturated rings. The number of carbonyl (C=O) groups is 1. The molecule has 1 saturated heterocycles. The highest BCUT2D eigenvalue weighted by atomic mass is 35.5. The van der Waals surface area contributed by atoms with Crippen molar-refractivity contribution in [2.75, 3.05) is 25.5 Å². The standard InChI is InChI=1S/C23H28ClN3O3S/c1-15-14-19(31(29,30)26-17(3)18-10-12-27(4)13-11-18)8-9-22(15)25-23(28)20-6-5-7-21(24)16(20)2/h5-9,14,18H,10-13H2,1-4H3,(H,25,28). The lowest BCUT2D eigenvalue weighted by molar-refractivity contribution is 0.102. The van der Waals surface area contributed by atoms with E-state index in [4.69, 9.17) is 11.6 Å². The van der Waals surface area contributed by atoms with Crippen LogP contribution >= 0.6 is 11.6 Å². The molecule has 0 saturated carbocycles. The Labute approximate surface area is 189 Å². The lowest BCUT2D eigenvalue weighted by Gasteiger charge is -2.28. The van der Waals surface area contributed by atoms with Gasteiger partial charge in [0.15, 0.2) is 0 Å². The molecule has 3 rings (SSSR count). The summed E-state index contributed by atoms with van der Waals surface area (Å²) in [6, 6.07) is 9.77. The maximum atomic E-state index is 12.8. The van der Waals surface area contributed by atoms with E-state index in [1.807, 2.05) is 0 Å². The molecule has 1 N–H and O–H groups in total. The van der Waals surface area contributed by atoms with Crippen molar-refractivity contribution in [3.05, 3.63) is 58.1 Å². The minimum atomic E-state index is -3.81. The van der Waals surface area contributed by atoms with E-state index in [9.17, 15) is 13.2 Å². The summed E-state index contributed by atoms with van der Waals surface area (Å²) in [5.41, 5.74) is 3.00. The molecule has 31 heavy (non-hydrogen) atoms. The van der Waals surface area contributed by atoms with E-state index in [0.29, 0.717) is 33.1 Å². The molecule has 0 aliphatic carbocycles. The Morgan fingerprint density at radius 2 is 1.84 bits per heavy atom. The molecular weight excluding hydrogens is 434 g/mol. The van der Waals surface area contributed by atoms with Gasteiger partial charge in [-0.25, -0.2) is 0 Å². The van der Waals surface area contributed by atoms with Crippen molar-refractivity contribution in [1.29, 1.82) is 0 Å². The fraction of sp³-hybridized carbons (Fsp3) is 0.391. The number of likely N-dealkylation sites (tertiary alicyclic amines) is 1. The van der Waals surface area contributed by atoms with E-state index >= 15 is 0 Å². The van der Waals surface area contributed by atoms with Crippen molar-refractivity contribution >= 4 is 38.9 Å².